The van der Waals surface area contributed by atoms with Crippen molar-refractivity contribution in [2.24, 2.45) is 4.99 Å². The average molecular weight is 521 g/mol. The van der Waals surface area contributed by atoms with Crippen LogP contribution in [0.5, 0.6) is 0 Å². The van der Waals surface area contributed by atoms with Crippen LogP contribution in [0.25, 0.3) is 0 Å². The van der Waals surface area contributed by atoms with Gasteiger partial charge in [-0.25, -0.2) is 22.7 Å². The molecule has 0 saturated carbocycles. The first-order valence-electron chi connectivity index (χ1n) is 8.71. The molecule has 0 radical (unpaired) electrons. The number of aromatic nitrogens is 1. The molecule has 156 valence electrons. The Hall–Kier alpha value is -1.66. The van der Waals surface area contributed by atoms with Crippen molar-refractivity contribution < 1.29 is 12.8 Å². The molecule has 1 aromatic carbocycles. The fourth-order valence-corrected chi connectivity index (χ4v) is 3.47. The largest absolute Gasteiger partial charge is 0.444 e. The van der Waals surface area contributed by atoms with E-state index >= 15 is 0 Å². The number of nitrogens with one attached hydrogen (secondary N) is 2. The Morgan fingerprint density at radius 3 is 2.46 bits per heavy atom. The molecule has 0 bridgehead atoms. The Balaban J connectivity index is 0.00000392. The molecule has 0 aliphatic heterocycles. The first-order chi connectivity index (χ1) is 12.8. The van der Waals surface area contributed by atoms with Gasteiger partial charge >= 0.3 is 0 Å². The standard InChI is InChI=1S/C18H27N5O3S.HI/c1-6-19-18(21-12-17-22-13(2)14(3)26-17)20-11-15-9-7-8-10-16(15)27(24,25)23(4)5;/h7-10H,6,11-12H2,1-5H3,(H2,19,20,21);1H. The van der Waals surface area contributed by atoms with Gasteiger partial charge in [0.2, 0.25) is 15.9 Å². The Kier molecular flexibility index (Phi) is 9.37. The molecule has 2 rings (SSSR count). The zero-order valence-electron chi connectivity index (χ0n) is 16.8. The van der Waals surface area contributed by atoms with E-state index in [0.717, 1.165) is 11.5 Å². The molecule has 2 N–H and O–H groups in total. The maximum absolute atomic E-state index is 12.5. The molecule has 0 atom stereocenters. The van der Waals surface area contributed by atoms with Gasteiger partial charge in [-0.1, -0.05) is 18.2 Å². The summed E-state index contributed by atoms with van der Waals surface area (Å²) < 4.78 is 31.7. The molecular formula is C18H28IN5O3S. The Bertz CT molecular complexity index is 890. The topological polar surface area (TPSA) is 99.8 Å². The number of nitrogens with zero attached hydrogens (tertiary/aromatic N) is 3. The molecule has 0 amide bonds. The summed E-state index contributed by atoms with van der Waals surface area (Å²) in [6, 6.07) is 6.88. The van der Waals surface area contributed by atoms with Crippen LogP contribution in [0.1, 0.15) is 29.8 Å². The Labute approximate surface area is 183 Å². The van der Waals surface area contributed by atoms with Crippen molar-refractivity contribution in [3.63, 3.8) is 0 Å². The monoisotopic (exact) mass is 521 g/mol. The minimum atomic E-state index is -3.53. The zero-order chi connectivity index (χ0) is 20.0. The molecular weight excluding hydrogens is 493 g/mol. The third kappa shape index (κ3) is 6.17. The first kappa shape index (κ1) is 24.4. The van der Waals surface area contributed by atoms with Gasteiger partial charge in [0.25, 0.3) is 0 Å². The van der Waals surface area contributed by atoms with Gasteiger partial charge < -0.3 is 15.1 Å². The van der Waals surface area contributed by atoms with Crippen LogP contribution in [0.3, 0.4) is 0 Å². The van der Waals surface area contributed by atoms with Crippen LogP contribution in [0.4, 0.5) is 0 Å². The molecule has 0 aliphatic rings. The van der Waals surface area contributed by atoms with Crippen LogP contribution in [-0.4, -0.2) is 44.3 Å². The van der Waals surface area contributed by atoms with Gasteiger partial charge in [0, 0.05) is 20.6 Å². The fourth-order valence-electron chi connectivity index (χ4n) is 2.36. The number of guanidine groups is 1. The summed E-state index contributed by atoms with van der Waals surface area (Å²) in [6.07, 6.45) is 0. The summed E-state index contributed by atoms with van der Waals surface area (Å²) in [6.45, 7) is 7.01. The highest BCUT2D eigenvalue weighted by molar-refractivity contribution is 14.0. The maximum Gasteiger partial charge on any atom is 0.242 e. The number of aliphatic imine (C=N–C) groups is 1. The number of hydrogen-bond acceptors (Lipinski definition) is 5. The third-order valence-corrected chi connectivity index (χ3v) is 5.88. The van der Waals surface area contributed by atoms with Crippen LogP contribution in [-0.2, 0) is 23.1 Å². The predicted molar refractivity (Wildman–Crippen MR) is 120 cm³/mol. The van der Waals surface area contributed by atoms with Crippen molar-refractivity contribution in [3.05, 3.63) is 47.2 Å². The van der Waals surface area contributed by atoms with E-state index < -0.39 is 10.0 Å². The lowest BCUT2D eigenvalue weighted by molar-refractivity contribution is 0.463. The highest BCUT2D eigenvalue weighted by atomic mass is 127. The van der Waals surface area contributed by atoms with E-state index in [-0.39, 0.29) is 35.4 Å². The van der Waals surface area contributed by atoms with Crippen molar-refractivity contribution in [2.75, 3.05) is 20.6 Å². The van der Waals surface area contributed by atoms with E-state index in [1.165, 1.54) is 18.4 Å². The summed E-state index contributed by atoms with van der Waals surface area (Å²) >= 11 is 0. The minimum Gasteiger partial charge on any atom is -0.444 e. The van der Waals surface area contributed by atoms with Gasteiger partial charge in [-0.15, -0.1) is 24.0 Å². The Morgan fingerprint density at radius 1 is 1.21 bits per heavy atom. The van der Waals surface area contributed by atoms with E-state index in [9.17, 15) is 8.42 Å². The molecule has 0 saturated heterocycles. The molecule has 0 unspecified atom stereocenters. The van der Waals surface area contributed by atoms with E-state index in [2.05, 4.69) is 20.6 Å². The summed E-state index contributed by atoms with van der Waals surface area (Å²) in [7, 11) is -0.496. The molecule has 8 nitrogen and oxygen atoms in total. The quantitative estimate of drug-likeness (QED) is 0.330. The summed E-state index contributed by atoms with van der Waals surface area (Å²) in [5.41, 5.74) is 1.49. The van der Waals surface area contributed by atoms with Crippen molar-refractivity contribution in [1.29, 1.82) is 0 Å². The molecule has 1 aromatic heterocycles. The summed E-state index contributed by atoms with van der Waals surface area (Å²) in [5.74, 6) is 1.92. The molecule has 0 fully saturated rings. The second-order valence-electron chi connectivity index (χ2n) is 6.19. The number of benzene rings is 1. The molecule has 0 aliphatic carbocycles. The van der Waals surface area contributed by atoms with E-state index in [1.807, 2.05) is 20.8 Å². The van der Waals surface area contributed by atoms with Crippen molar-refractivity contribution >= 4 is 40.0 Å². The number of hydrogen-bond donors (Lipinski definition) is 2. The minimum absolute atomic E-state index is 0. The SMILES string of the molecule is CCNC(=NCc1ccccc1S(=O)(=O)N(C)C)NCc1nc(C)c(C)o1.I. The smallest absolute Gasteiger partial charge is 0.242 e. The van der Waals surface area contributed by atoms with Crippen LogP contribution in [0.2, 0.25) is 0 Å². The van der Waals surface area contributed by atoms with Crippen LogP contribution in [0.15, 0.2) is 38.6 Å². The highest BCUT2D eigenvalue weighted by Crippen LogP contribution is 2.19. The van der Waals surface area contributed by atoms with Crippen molar-refractivity contribution in [2.45, 2.75) is 38.8 Å². The normalized spacial score (nSPS) is 12.0. The van der Waals surface area contributed by atoms with Gasteiger partial charge in [-0.2, -0.15) is 0 Å². The lowest BCUT2D eigenvalue weighted by atomic mass is 10.2. The molecule has 2 aromatic rings. The summed E-state index contributed by atoms with van der Waals surface area (Å²) in [5, 5.41) is 6.29. The number of sulfonamides is 1. The van der Waals surface area contributed by atoms with Gasteiger partial charge in [0.1, 0.15) is 5.76 Å². The molecule has 1 heterocycles. The van der Waals surface area contributed by atoms with E-state index in [1.54, 1.807) is 24.3 Å². The van der Waals surface area contributed by atoms with Gasteiger partial charge in [0.05, 0.1) is 23.7 Å². The van der Waals surface area contributed by atoms with Crippen LogP contribution >= 0.6 is 24.0 Å². The second kappa shape index (κ2) is 10.8. The van der Waals surface area contributed by atoms with Crippen molar-refractivity contribution in [3.8, 4) is 0 Å². The number of aryl methyl sites for hydroxylation is 2. The maximum atomic E-state index is 12.5. The van der Waals surface area contributed by atoms with Gasteiger partial charge in [-0.05, 0) is 32.4 Å². The predicted octanol–water partition coefficient (Wildman–Crippen LogP) is 2.42. The molecule has 10 heteroatoms. The average Bonchev–Trinajstić information content (AvgIpc) is 2.95. The number of oxazole rings is 1. The van der Waals surface area contributed by atoms with Crippen LogP contribution in [0, 0.1) is 13.8 Å². The summed E-state index contributed by atoms with van der Waals surface area (Å²) in [4.78, 5) is 9.09. The van der Waals surface area contributed by atoms with Gasteiger partial charge in [-0.3, -0.25) is 0 Å². The van der Waals surface area contributed by atoms with E-state index in [4.69, 9.17) is 4.42 Å². The zero-order valence-corrected chi connectivity index (χ0v) is 20.0. The van der Waals surface area contributed by atoms with Crippen molar-refractivity contribution in [1.82, 2.24) is 19.9 Å². The Morgan fingerprint density at radius 2 is 1.89 bits per heavy atom. The van der Waals surface area contributed by atoms with Gasteiger partial charge in [0.15, 0.2) is 5.96 Å². The lowest BCUT2D eigenvalue weighted by Gasteiger charge is -2.15. The van der Waals surface area contributed by atoms with Crippen LogP contribution < -0.4 is 10.6 Å². The lowest BCUT2D eigenvalue weighted by Crippen LogP contribution is -2.37. The van der Waals surface area contributed by atoms with E-state index in [0.29, 0.717) is 30.5 Å². The second-order valence-corrected chi connectivity index (χ2v) is 8.31. The highest BCUT2D eigenvalue weighted by Gasteiger charge is 2.20. The molecule has 0 spiro atoms. The fraction of sp³-hybridized carbons (Fsp3) is 0.444. The first-order valence-corrected chi connectivity index (χ1v) is 10.1. The number of halogens is 1. The number of rotatable bonds is 7. The molecule has 28 heavy (non-hydrogen) atoms. The third-order valence-electron chi connectivity index (χ3n) is 3.96.